The molecule has 1 fully saturated rings. The Labute approximate surface area is 94.2 Å². The maximum atomic E-state index is 11.7. The third-order valence-corrected chi connectivity index (χ3v) is 2.57. The van der Waals surface area contributed by atoms with E-state index in [1.54, 1.807) is 12.4 Å². The molecule has 1 saturated heterocycles. The predicted octanol–water partition coefficient (Wildman–Crippen LogP) is 0.314. The first-order chi connectivity index (χ1) is 7.84. The van der Waals surface area contributed by atoms with Crippen LogP contribution >= 0.6 is 0 Å². The molecule has 0 unspecified atom stereocenters. The highest BCUT2D eigenvalue weighted by molar-refractivity contribution is 5.78. The van der Waals surface area contributed by atoms with E-state index in [4.69, 9.17) is 4.74 Å². The molecular weight excluding hydrogens is 206 g/mol. The van der Waals surface area contributed by atoms with Gasteiger partial charge in [0.15, 0.2) is 0 Å². The fourth-order valence-corrected chi connectivity index (χ4v) is 1.73. The molecule has 5 heteroatoms. The van der Waals surface area contributed by atoms with Crippen molar-refractivity contribution in [3.05, 3.63) is 24.3 Å². The molecule has 0 bridgehead atoms. The molecule has 2 rings (SSSR count). The molecule has 0 spiro atoms. The second kappa shape index (κ2) is 5.55. The fourth-order valence-electron chi connectivity index (χ4n) is 1.73. The predicted molar refractivity (Wildman–Crippen MR) is 57.7 cm³/mol. The minimum absolute atomic E-state index is 0.0294. The second-order valence-electron chi connectivity index (χ2n) is 3.88. The van der Waals surface area contributed by atoms with Crippen LogP contribution in [-0.2, 0) is 16.0 Å². The number of carbonyl (C=O) groups excluding carboxylic acids is 1. The Balaban J connectivity index is 1.80. The average Bonchev–Trinajstić information content (AvgIpc) is 2.31. The first kappa shape index (κ1) is 11.0. The Morgan fingerprint density at radius 1 is 1.38 bits per heavy atom. The summed E-state index contributed by atoms with van der Waals surface area (Å²) in [4.78, 5) is 19.4. The monoisotopic (exact) mass is 221 g/mol. The van der Waals surface area contributed by atoms with Crippen LogP contribution in [0.4, 0.5) is 0 Å². The molecule has 1 amide bonds. The van der Waals surface area contributed by atoms with Gasteiger partial charge in [0.05, 0.1) is 6.42 Å². The number of amides is 1. The smallest absolute Gasteiger partial charge is 0.224 e. The number of carbonyl (C=O) groups is 1. The van der Waals surface area contributed by atoms with Gasteiger partial charge < -0.3 is 10.1 Å². The molecule has 1 aromatic rings. The van der Waals surface area contributed by atoms with Crippen molar-refractivity contribution in [2.75, 3.05) is 13.2 Å². The van der Waals surface area contributed by atoms with Gasteiger partial charge in [-0.15, -0.1) is 0 Å². The zero-order chi connectivity index (χ0) is 11.2. The van der Waals surface area contributed by atoms with Crippen molar-refractivity contribution in [3.8, 4) is 0 Å². The van der Waals surface area contributed by atoms with E-state index in [1.165, 1.54) is 6.33 Å². The summed E-state index contributed by atoms with van der Waals surface area (Å²) in [5.41, 5.74) is 0.840. The second-order valence-corrected chi connectivity index (χ2v) is 3.88. The van der Waals surface area contributed by atoms with E-state index in [0.29, 0.717) is 6.42 Å². The molecule has 0 aliphatic carbocycles. The molecule has 1 aliphatic rings. The van der Waals surface area contributed by atoms with E-state index in [1.807, 2.05) is 0 Å². The maximum absolute atomic E-state index is 11.7. The Morgan fingerprint density at radius 2 is 2.06 bits per heavy atom. The minimum atomic E-state index is 0.0294. The molecular formula is C11H15N3O2. The van der Waals surface area contributed by atoms with Crippen molar-refractivity contribution < 1.29 is 9.53 Å². The molecule has 1 aliphatic heterocycles. The molecule has 2 heterocycles. The summed E-state index contributed by atoms with van der Waals surface area (Å²) in [7, 11) is 0. The topological polar surface area (TPSA) is 64.1 Å². The lowest BCUT2D eigenvalue weighted by Crippen LogP contribution is -2.39. The van der Waals surface area contributed by atoms with Crippen molar-refractivity contribution in [2.45, 2.75) is 25.3 Å². The Hall–Kier alpha value is -1.49. The third kappa shape index (κ3) is 3.27. The molecule has 0 radical (unpaired) electrons. The lowest BCUT2D eigenvalue weighted by molar-refractivity contribution is -0.121. The molecule has 0 saturated carbocycles. The molecule has 1 aromatic heterocycles. The van der Waals surface area contributed by atoms with Crippen molar-refractivity contribution in [1.29, 1.82) is 0 Å². The lowest BCUT2D eigenvalue weighted by Gasteiger charge is -2.23. The van der Waals surface area contributed by atoms with Gasteiger partial charge in [0.2, 0.25) is 5.91 Å². The molecule has 0 aromatic carbocycles. The molecule has 5 nitrogen and oxygen atoms in total. The zero-order valence-electron chi connectivity index (χ0n) is 9.06. The standard InChI is InChI=1S/C11H15N3O2/c15-11(5-9-6-12-8-13-7-9)14-10-1-3-16-4-2-10/h6-8,10H,1-5H2,(H,14,15). The molecule has 1 N–H and O–H groups in total. The van der Waals surface area contributed by atoms with Gasteiger partial charge in [-0.25, -0.2) is 9.97 Å². The van der Waals surface area contributed by atoms with Gasteiger partial charge in [-0.3, -0.25) is 4.79 Å². The van der Waals surface area contributed by atoms with Crippen molar-refractivity contribution in [3.63, 3.8) is 0 Å². The van der Waals surface area contributed by atoms with E-state index < -0.39 is 0 Å². The normalized spacial score (nSPS) is 17.0. The van der Waals surface area contributed by atoms with Crippen LogP contribution in [0.2, 0.25) is 0 Å². The van der Waals surface area contributed by atoms with Gasteiger partial charge >= 0.3 is 0 Å². The number of nitrogens with zero attached hydrogens (tertiary/aromatic N) is 2. The zero-order valence-corrected chi connectivity index (χ0v) is 9.06. The quantitative estimate of drug-likeness (QED) is 0.798. The SMILES string of the molecule is O=C(Cc1cncnc1)NC1CCOCC1. The number of hydrogen-bond acceptors (Lipinski definition) is 4. The fraction of sp³-hybridized carbons (Fsp3) is 0.545. The highest BCUT2D eigenvalue weighted by atomic mass is 16.5. The van der Waals surface area contributed by atoms with E-state index in [9.17, 15) is 4.79 Å². The number of nitrogens with one attached hydrogen (secondary N) is 1. The van der Waals surface area contributed by atoms with Crippen molar-refractivity contribution in [2.24, 2.45) is 0 Å². The number of aromatic nitrogens is 2. The average molecular weight is 221 g/mol. The van der Waals surface area contributed by atoms with E-state index in [0.717, 1.165) is 31.6 Å². The third-order valence-electron chi connectivity index (χ3n) is 2.57. The summed E-state index contributed by atoms with van der Waals surface area (Å²) in [6.07, 6.45) is 6.93. The summed E-state index contributed by atoms with van der Waals surface area (Å²) < 4.78 is 5.23. The summed E-state index contributed by atoms with van der Waals surface area (Å²) in [6, 6.07) is 0.255. The van der Waals surface area contributed by atoms with Crippen molar-refractivity contribution in [1.82, 2.24) is 15.3 Å². The number of hydrogen-bond donors (Lipinski definition) is 1. The summed E-state index contributed by atoms with van der Waals surface area (Å²) in [5.74, 6) is 0.0294. The Kier molecular flexibility index (Phi) is 3.82. The molecule has 0 atom stereocenters. The minimum Gasteiger partial charge on any atom is -0.381 e. The highest BCUT2D eigenvalue weighted by Gasteiger charge is 2.15. The van der Waals surface area contributed by atoms with E-state index >= 15 is 0 Å². The van der Waals surface area contributed by atoms with E-state index in [-0.39, 0.29) is 11.9 Å². The van der Waals surface area contributed by atoms with Gasteiger partial charge in [-0.2, -0.15) is 0 Å². The number of ether oxygens (including phenoxy) is 1. The number of rotatable bonds is 3. The Morgan fingerprint density at radius 3 is 2.75 bits per heavy atom. The van der Waals surface area contributed by atoms with Gasteiger partial charge in [0, 0.05) is 31.6 Å². The van der Waals surface area contributed by atoms with Gasteiger partial charge in [0.25, 0.3) is 0 Å². The summed E-state index contributed by atoms with van der Waals surface area (Å²) >= 11 is 0. The largest absolute Gasteiger partial charge is 0.381 e. The highest BCUT2D eigenvalue weighted by Crippen LogP contribution is 2.06. The van der Waals surface area contributed by atoms with Crippen LogP contribution in [-0.4, -0.2) is 35.1 Å². The van der Waals surface area contributed by atoms with Crippen LogP contribution in [0.3, 0.4) is 0 Å². The van der Waals surface area contributed by atoms with Crippen LogP contribution in [0.15, 0.2) is 18.7 Å². The first-order valence-electron chi connectivity index (χ1n) is 5.45. The van der Waals surface area contributed by atoms with Crippen LogP contribution in [0, 0.1) is 0 Å². The van der Waals surface area contributed by atoms with Crippen LogP contribution in [0.5, 0.6) is 0 Å². The molecule has 86 valence electrons. The Bertz CT molecular complexity index is 336. The van der Waals surface area contributed by atoms with E-state index in [2.05, 4.69) is 15.3 Å². The first-order valence-corrected chi connectivity index (χ1v) is 5.45. The van der Waals surface area contributed by atoms with Crippen LogP contribution in [0.25, 0.3) is 0 Å². The summed E-state index contributed by atoms with van der Waals surface area (Å²) in [6.45, 7) is 1.47. The van der Waals surface area contributed by atoms with Gasteiger partial charge in [0.1, 0.15) is 6.33 Å². The maximum Gasteiger partial charge on any atom is 0.224 e. The lowest BCUT2D eigenvalue weighted by atomic mass is 10.1. The van der Waals surface area contributed by atoms with Crippen LogP contribution < -0.4 is 5.32 Å². The summed E-state index contributed by atoms with van der Waals surface area (Å²) in [5, 5.41) is 2.99. The molecule has 16 heavy (non-hydrogen) atoms. The van der Waals surface area contributed by atoms with Gasteiger partial charge in [-0.1, -0.05) is 0 Å². The van der Waals surface area contributed by atoms with Crippen LogP contribution in [0.1, 0.15) is 18.4 Å². The van der Waals surface area contributed by atoms with Gasteiger partial charge in [-0.05, 0) is 18.4 Å². The van der Waals surface area contributed by atoms with Crippen molar-refractivity contribution >= 4 is 5.91 Å².